The molecule has 2 N–H and O–H groups in total. The van der Waals surface area contributed by atoms with E-state index in [1.165, 1.54) is 0 Å². The van der Waals surface area contributed by atoms with Crippen molar-refractivity contribution in [3.05, 3.63) is 10.6 Å². The summed E-state index contributed by atoms with van der Waals surface area (Å²) in [7, 11) is 1.90. The normalized spacial score (nSPS) is 11.5. The second-order valence-electron chi connectivity index (χ2n) is 4.91. The quantitative estimate of drug-likeness (QED) is 0.776. The number of amides is 1. The van der Waals surface area contributed by atoms with Crippen molar-refractivity contribution in [3.63, 3.8) is 0 Å². The Labute approximate surface area is 106 Å². The summed E-state index contributed by atoms with van der Waals surface area (Å²) in [5, 5.41) is 9.97. The van der Waals surface area contributed by atoms with Crippen molar-refractivity contribution in [2.75, 3.05) is 20.1 Å². The van der Waals surface area contributed by atoms with Gasteiger partial charge >= 0.3 is 0 Å². The zero-order valence-corrected chi connectivity index (χ0v) is 11.6. The molecule has 1 aromatic heterocycles. The van der Waals surface area contributed by atoms with Gasteiger partial charge in [-0.15, -0.1) is 5.10 Å². The van der Waals surface area contributed by atoms with Crippen LogP contribution in [-0.4, -0.2) is 35.6 Å². The standard InChI is InChI=1S/C11H20N4OS/c1-11(2,3)9-8(17-15-14-9)10(16)13-7-5-6-12-4/h12H,5-7H2,1-4H3,(H,13,16). The minimum Gasteiger partial charge on any atom is -0.351 e. The van der Waals surface area contributed by atoms with E-state index < -0.39 is 0 Å². The Morgan fingerprint density at radius 2 is 2.06 bits per heavy atom. The molecule has 1 heterocycles. The van der Waals surface area contributed by atoms with E-state index >= 15 is 0 Å². The third kappa shape index (κ3) is 4.05. The molecule has 96 valence electrons. The van der Waals surface area contributed by atoms with E-state index in [1.54, 1.807) is 0 Å². The molecule has 0 saturated heterocycles. The second kappa shape index (κ2) is 6.07. The van der Waals surface area contributed by atoms with Gasteiger partial charge in [-0.3, -0.25) is 4.79 Å². The van der Waals surface area contributed by atoms with Crippen LogP contribution in [0.4, 0.5) is 0 Å². The summed E-state index contributed by atoms with van der Waals surface area (Å²) in [6, 6.07) is 0. The summed E-state index contributed by atoms with van der Waals surface area (Å²) in [5.41, 5.74) is 0.624. The fourth-order valence-electron chi connectivity index (χ4n) is 1.38. The zero-order chi connectivity index (χ0) is 12.9. The van der Waals surface area contributed by atoms with Gasteiger partial charge in [-0.25, -0.2) is 0 Å². The SMILES string of the molecule is CNCCCNC(=O)c1snnc1C(C)(C)C. The Bertz CT molecular complexity index is 370. The molecule has 0 spiro atoms. The number of carbonyl (C=O) groups is 1. The van der Waals surface area contributed by atoms with Crippen LogP contribution in [0.2, 0.25) is 0 Å². The number of nitrogens with one attached hydrogen (secondary N) is 2. The van der Waals surface area contributed by atoms with Crippen molar-refractivity contribution in [1.29, 1.82) is 0 Å². The zero-order valence-electron chi connectivity index (χ0n) is 10.8. The Hall–Kier alpha value is -1.01. The molecule has 0 aromatic carbocycles. The van der Waals surface area contributed by atoms with E-state index in [4.69, 9.17) is 0 Å². The van der Waals surface area contributed by atoms with Gasteiger partial charge in [0.25, 0.3) is 5.91 Å². The van der Waals surface area contributed by atoms with Crippen molar-refractivity contribution in [1.82, 2.24) is 20.2 Å². The Morgan fingerprint density at radius 3 is 2.65 bits per heavy atom. The van der Waals surface area contributed by atoms with Crippen LogP contribution < -0.4 is 10.6 Å². The Morgan fingerprint density at radius 1 is 1.35 bits per heavy atom. The van der Waals surface area contributed by atoms with Crippen molar-refractivity contribution < 1.29 is 4.79 Å². The number of nitrogens with zero attached hydrogens (tertiary/aromatic N) is 2. The van der Waals surface area contributed by atoms with Crippen molar-refractivity contribution in [2.45, 2.75) is 32.6 Å². The predicted octanol–water partition coefficient (Wildman–Crippen LogP) is 1.17. The summed E-state index contributed by atoms with van der Waals surface area (Å²) in [6.07, 6.45) is 0.916. The smallest absolute Gasteiger partial charge is 0.264 e. The first kappa shape index (κ1) is 14.1. The van der Waals surface area contributed by atoms with Gasteiger partial charge in [-0.1, -0.05) is 25.3 Å². The van der Waals surface area contributed by atoms with Gasteiger partial charge < -0.3 is 10.6 Å². The number of carbonyl (C=O) groups excluding carboxylic acids is 1. The lowest BCUT2D eigenvalue weighted by Gasteiger charge is -2.16. The van der Waals surface area contributed by atoms with Gasteiger partial charge in [-0.2, -0.15) is 0 Å². The van der Waals surface area contributed by atoms with Gasteiger partial charge in [-0.05, 0) is 31.5 Å². The molecule has 0 aliphatic rings. The third-order valence-corrected chi connectivity index (χ3v) is 3.02. The van der Waals surface area contributed by atoms with Gasteiger partial charge in [0.2, 0.25) is 0 Å². The first-order valence-electron chi connectivity index (χ1n) is 5.72. The lowest BCUT2D eigenvalue weighted by atomic mass is 9.91. The molecule has 0 atom stereocenters. The third-order valence-electron chi connectivity index (χ3n) is 2.29. The lowest BCUT2D eigenvalue weighted by molar-refractivity contribution is 0.0955. The summed E-state index contributed by atoms with van der Waals surface area (Å²) in [6.45, 7) is 7.65. The van der Waals surface area contributed by atoms with Gasteiger partial charge in [0.1, 0.15) is 4.88 Å². The van der Waals surface area contributed by atoms with Crippen molar-refractivity contribution in [3.8, 4) is 0 Å². The van der Waals surface area contributed by atoms with Crippen LogP contribution in [0.5, 0.6) is 0 Å². The molecule has 0 bridgehead atoms. The maximum atomic E-state index is 11.9. The van der Waals surface area contributed by atoms with E-state index in [0.29, 0.717) is 11.4 Å². The molecule has 0 unspecified atom stereocenters. The fourth-order valence-corrected chi connectivity index (χ4v) is 2.17. The van der Waals surface area contributed by atoms with Crippen LogP contribution in [0, 0.1) is 0 Å². The topological polar surface area (TPSA) is 66.9 Å². The van der Waals surface area contributed by atoms with Crippen LogP contribution in [0.1, 0.15) is 42.6 Å². The predicted molar refractivity (Wildman–Crippen MR) is 69.5 cm³/mol. The first-order chi connectivity index (χ1) is 7.96. The maximum absolute atomic E-state index is 11.9. The van der Waals surface area contributed by atoms with Crippen LogP contribution >= 0.6 is 11.5 Å². The molecule has 6 heteroatoms. The van der Waals surface area contributed by atoms with E-state index in [-0.39, 0.29) is 11.3 Å². The van der Waals surface area contributed by atoms with Crippen molar-refractivity contribution >= 4 is 17.4 Å². The maximum Gasteiger partial charge on any atom is 0.264 e. The molecular weight excluding hydrogens is 236 g/mol. The summed E-state index contributed by atoms with van der Waals surface area (Å²) in [5.74, 6) is -0.0685. The average molecular weight is 256 g/mol. The summed E-state index contributed by atoms with van der Waals surface area (Å²) < 4.78 is 3.87. The fraction of sp³-hybridized carbons (Fsp3) is 0.727. The van der Waals surface area contributed by atoms with E-state index in [0.717, 1.165) is 30.2 Å². The second-order valence-corrected chi connectivity index (χ2v) is 5.67. The van der Waals surface area contributed by atoms with Crippen LogP contribution in [0.3, 0.4) is 0 Å². The molecule has 5 nitrogen and oxygen atoms in total. The highest BCUT2D eigenvalue weighted by molar-refractivity contribution is 7.08. The Balaban J connectivity index is 2.61. The minimum absolute atomic E-state index is 0.0685. The lowest BCUT2D eigenvalue weighted by Crippen LogP contribution is -2.28. The molecular formula is C11H20N4OS. The minimum atomic E-state index is -0.148. The highest BCUT2D eigenvalue weighted by Crippen LogP contribution is 2.25. The summed E-state index contributed by atoms with van der Waals surface area (Å²) >= 11 is 1.16. The van der Waals surface area contributed by atoms with Gasteiger partial charge in [0.05, 0.1) is 5.69 Å². The van der Waals surface area contributed by atoms with E-state index in [2.05, 4.69) is 20.2 Å². The molecule has 1 amide bonds. The average Bonchev–Trinajstić information content (AvgIpc) is 2.72. The number of aromatic nitrogens is 2. The molecule has 0 saturated carbocycles. The van der Waals surface area contributed by atoms with Crippen molar-refractivity contribution in [2.24, 2.45) is 0 Å². The van der Waals surface area contributed by atoms with E-state index in [9.17, 15) is 4.79 Å². The number of hydrogen-bond donors (Lipinski definition) is 2. The number of rotatable bonds is 5. The van der Waals surface area contributed by atoms with E-state index in [1.807, 2.05) is 27.8 Å². The summed E-state index contributed by atoms with van der Waals surface area (Å²) in [4.78, 5) is 12.6. The van der Waals surface area contributed by atoms with Crippen LogP contribution in [-0.2, 0) is 5.41 Å². The molecule has 0 fully saturated rings. The first-order valence-corrected chi connectivity index (χ1v) is 6.49. The molecule has 1 aromatic rings. The Kier molecular flexibility index (Phi) is 5.02. The molecule has 0 aliphatic carbocycles. The monoisotopic (exact) mass is 256 g/mol. The molecule has 0 aliphatic heterocycles. The van der Waals surface area contributed by atoms with Gasteiger partial charge in [0, 0.05) is 12.0 Å². The molecule has 17 heavy (non-hydrogen) atoms. The highest BCUT2D eigenvalue weighted by atomic mass is 32.1. The molecule has 0 radical (unpaired) electrons. The number of hydrogen-bond acceptors (Lipinski definition) is 5. The highest BCUT2D eigenvalue weighted by Gasteiger charge is 2.25. The molecule has 1 rings (SSSR count). The van der Waals surface area contributed by atoms with Gasteiger partial charge in [0.15, 0.2) is 0 Å². The van der Waals surface area contributed by atoms with Crippen LogP contribution in [0.15, 0.2) is 0 Å². The largest absolute Gasteiger partial charge is 0.351 e. The van der Waals surface area contributed by atoms with Crippen LogP contribution in [0.25, 0.3) is 0 Å².